The fourth-order valence-electron chi connectivity index (χ4n) is 1.01. The predicted molar refractivity (Wildman–Crippen MR) is 69.9 cm³/mol. The number of hydrogen-bond donors (Lipinski definition) is 3. The normalized spacial score (nSPS) is 13.8. The molecule has 0 saturated carbocycles. The Morgan fingerprint density at radius 1 is 1.47 bits per heavy atom. The van der Waals surface area contributed by atoms with Gasteiger partial charge in [0.2, 0.25) is 0 Å². The number of thioether (sulfide) groups is 1. The summed E-state index contributed by atoms with van der Waals surface area (Å²) in [6.45, 7) is 0.268. The van der Waals surface area contributed by atoms with E-state index in [4.69, 9.17) is 5.11 Å². The van der Waals surface area contributed by atoms with Crippen LogP contribution in [0.3, 0.4) is 0 Å². The molecule has 2 amide bonds. The maximum atomic E-state index is 11.3. The molecule has 0 rings (SSSR count). The monoisotopic (exact) mass is 282 g/mol. The van der Waals surface area contributed by atoms with Gasteiger partial charge in [-0.3, -0.25) is 4.21 Å². The quantitative estimate of drug-likeness (QED) is 0.576. The first-order valence-electron chi connectivity index (χ1n) is 5.03. The van der Waals surface area contributed by atoms with Crippen molar-refractivity contribution in [3.8, 4) is 0 Å². The van der Waals surface area contributed by atoms with Crippen molar-refractivity contribution in [1.82, 2.24) is 10.6 Å². The molecule has 0 heterocycles. The number of carbonyl (C=O) groups excluding carboxylic acids is 1. The summed E-state index contributed by atoms with van der Waals surface area (Å²) in [4.78, 5) is 22.1. The molecule has 17 heavy (non-hydrogen) atoms. The Morgan fingerprint density at radius 3 is 2.59 bits per heavy atom. The molecule has 0 aromatic rings. The molecule has 0 aromatic heterocycles. The maximum absolute atomic E-state index is 11.3. The van der Waals surface area contributed by atoms with E-state index in [0.29, 0.717) is 17.9 Å². The Hall–Kier alpha value is -0.760. The largest absolute Gasteiger partial charge is 0.480 e. The lowest BCUT2D eigenvalue weighted by Gasteiger charge is -2.14. The van der Waals surface area contributed by atoms with Crippen molar-refractivity contribution in [3.05, 3.63) is 0 Å². The van der Waals surface area contributed by atoms with Crippen LogP contribution >= 0.6 is 11.8 Å². The van der Waals surface area contributed by atoms with Crippen LogP contribution in [0.4, 0.5) is 4.79 Å². The van der Waals surface area contributed by atoms with Gasteiger partial charge in [-0.15, -0.1) is 0 Å². The third-order valence-corrected chi connectivity index (χ3v) is 3.31. The van der Waals surface area contributed by atoms with Crippen molar-refractivity contribution in [1.29, 1.82) is 0 Å². The minimum Gasteiger partial charge on any atom is -0.480 e. The zero-order valence-corrected chi connectivity index (χ0v) is 11.5. The number of rotatable bonds is 8. The van der Waals surface area contributed by atoms with Gasteiger partial charge in [0, 0.05) is 29.4 Å². The van der Waals surface area contributed by atoms with E-state index >= 15 is 0 Å². The molecule has 0 saturated heterocycles. The van der Waals surface area contributed by atoms with E-state index in [0.717, 1.165) is 0 Å². The Labute approximate surface area is 107 Å². The van der Waals surface area contributed by atoms with Crippen molar-refractivity contribution < 1.29 is 18.9 Å². The van der Waals surface area contributed by atoms with E-state index in [1.165, 1.54) is 18.0 Å². The predicted octanol–water partition coefficient (Wildman–Crippen LogP) is -0.130. The lowest BCUT2D eigenvalue weighted by Crippen LogP contribution is -2.47. The minimum absolute atomic E-state index is 0.268. The van der Waals surface area contributed by atoms with Gasteiger partial charge in [0.15, 0.2) is 0 Å². The Balaban J connectivity index is 3.95. The number of hydrogen-bond acceptors (Lipinski definition) is 4. The average molecular weight is 282 g/mol. The highest BCUT2D eigenvalue weighted by Crippen LogP contribution is 2.00. The summed E-state index contributed by atoms with van der Waals surface area (Å²) in [5, 5.41) is 13.7. The topological polar surface area (TPSA) is 95.5 Å². The highest BCUT2D eigenvalue weighted by molar-refractivity contribution is 7.98. The van der Waals surface area contributed by atoms with E-state index in [1.54, 1.807) is 0 Å². The summed E-state index contributed by atoms with van der Waals surface area (Å²) in [6.07, 6.45) is 3.79. The number of aliphatic carboxylic acids is 1. The first-order chi connectivity index (χ1) is 7.97. The fourth-order valence-corrected chi connectivity index (χ4v) is 1.87. The Bertz CT molecular complexity index is 286. The summed E-state index contributed by atoms with van der Waals surface area (Å²) in [5.74, 6) is -0.0279. The molecule has 1 unspecified atom stereocenters. The summed E-state index contributed by atoms with van der Waals surface area (Å²) in [7, 11) is -0.970. The highest BCUT2D eigenvalue weighted by atomic mass is 32.2. The van der Waals surface area contributed by atoms with E-state index in [9.17, 15) is 13.8 Å². The minimum atomic E-state index is -1.05. The molecule has 0 spiro atoms. The van der Waals surface area contributed by atoms with Crippen LogP contribution in [-0.4, -0.2) is 57.9 Å². The van der Waals surface area contributed by atoms with Crippen molar-refractivity contribution in [2.75, 3.05) is 30.6 Å². The second-order valence-corrected chi connectivity index (χ2v) is 5.89. The molecule has 0 aromatic carbocycles. The maximum Gasteiger partial charge on any atom is 0.326 e. The number of carbonyl (C=O) groups is 2. The van der Waals surface area contributed by atoms with Gasteiger partial charge in [-0.2, -0.15) is 11.8 Å². The van der Waals surface area contributed by atoms with Crippen LogP contribution in [0.5, 0.6) is 0 Å². The van der Waals surface area contributed by atoms with Gasteiger partial charge in [0.1, 0.15) is 6.04 Å². The number of nitrogens with one attached hydrogen (secondary N) is 2. The summed E-state index contributed by atoms with van der Waals surface area (Å²) in [6, 6.07) is -1.42. The average Bonchev–Trinajstić information content (AvgIpc) is 2.23. The first kappa shape index (κ1) is 16.2. The molecule has 0 fully saturated rings. The van der Waals surface area contributed by atoms with E-state index in [1.807, 2.05) is 6.26 Å². The number of carboxylic acid groups (broad SMARTS) is 1. The Morgan fingerprint density at radius 2 is 2.12 bits per heavy atom. The molecule has 0 aliphatic heterocycles. The molecule has 3 N–H and O–H groups in total. The van der Waals surface area contributed by atoms with E-state index < -0.39 is 28.8 Å². The van der Waals surface area contributed by atoms with Crippen molar-refractivity contribution in [2.24, 2.45) is 0 Å². The molecule has 0 bridgehead atoms. The van der Waals surface area contributed by atoms with Gasteiger partial charge in [-0.25, -0.2) is 9.59 Å². The fraction of sp³-hybridized carbons (Fsp3) is 0.778. The van der Waals surface area contributed by atoms with E-state index in [2.05, 4.69) is 10.6 Å². The second kappa shape index (κ2) is 9.29. The van der Waals surface area contributed by atoms with E-state index in [-0.39, 0.29) is 6.54 Å². The summed E-state index contributed by atoms with van der Waals surface area (Å²) in [5.41, 5.74) is 0. The molecule has 8 heteroatoms. The lowest BCUT2D eigenvalue weighted by atomic mass is 10.2. The molecule has 100 valence electrons. The van der Waals surface area contributed by atoms with Crippen molar-refractivity contribution in [3.63, 3.8) is 0 Å². The van der Waals surface area contributed by atoms with Crippen LogP contribution in [0.25, 0.3) is 0 Å². The van der Waals surface area contributed by atoms with Crippen LogP contribution in [0.2, 0.25) is 0 Å². The third kappa shape index (κ3) is 8.99. The zero-order chi connectivity index (χ0) is 13.3. The standard InChI is InChI=1S/C9H18N2O4S2/c1-16-5-3-7(8(12)13)11-9(14)10-4-6-17(2)15/h7H,3-6H2,1-2H3,(H,12,13)(H2,10,11,14)/t7-,17?/m0/s1. The lowest BCUT2D eigenvalue weighted by molar-refractivity contribution is -0.139. The highest BCUT2D eigenvalue weighted by Gasteiger charge is 2.18. The number of carboxylic acids is 1. The van der Waals surface area contributed by atoms with Crippen molar-refractivity contribution in [2.45, 2.75) is 12.5 Å². The van der Waals surface area contributed by atoms with Crippen LogP contribution in [0, 0.1) is 0 Å². The Kier molecular flexibility index (Phi) is 8.87. The van der Waals surface area contributed by atoms with Gasteiger partial charge in [-0.1, -0.05) is 0 Å². The van der Waals surface area contributed by atoms with Crippen LogP contribution in [0.1, 0.15) is 6.42 Å². The van der Waals surface area contributed by atoms with Crippen molar-refractivity contribution >= 4 is 34.6 Å². The molecule has 6 nitrogen and oxygen atoms in total. The second-order valence-electron chi connectivity index (χ2n) is 3.35. The van der Waals surface area contributed by atoms with Gasteiger partial charge < -0.3 is 15.7 Å². The number of urea groups is 1. The molecule has 0 radical (unpaired) electrons. The third-order valence-electron chi connectivity index (χ3n) is 1.89. The first-order valence-corrected chi connectivity index (χ1v) is 8.15. The van der Waals surface area contributed by atoms with Crippen LogP contribution in [-0.2, 0) is 15.6 Å². The van der Waals surface area contributed by atoms with Gasteiger partial charge in [-0.05, 0) is 18.4 Å². The van der Waals surface area contributed by atoms with Crippen LogP contribution < -0.4 is 10.6 Å². The SMILES string of the molecule is CSCC[C@H](NC(=O)NCCS(C)=O)C(=O)O. The molecule has 2 atom stereocenters. The van der Waals surface area contributed by atoms with Crippen LogP contribution in [0.15, 0.2) is 0 Å². The summed E-state index contributed by atoms with van der Waals surface area (Å²) >= 11 is 1.52. The number of amides is 2. The summed E-state index contributed by atoms with van der Waals surface area (Å²) < 4.78 is 10.7. The molecular weight excluding hydrogens is 264 g/mol. The zero-order valence-electron chi connectivity index (χ0n) is 9.89. The molecule has 0 aliphatic carbocycles. The van der Waals surface area contributed by atoms with Gasteiger partial charge >= 0.3 is 12.0 Å². The smallest absolute Gasteiger partial charge is 0.326 e. The molecular formula is C9H18N2O4S2. The molecule has 0 aliphatic rings. The van der Waals surface area contributed by atoms with Gasteiger partial charge in [0.05, 0.1) is 0 Å². The van der Waals surface area contributed by atoms with Gasteiger partial charge in [0.25, 0.3) is 0 Å².